The monoisotopic (exact) mass is 300 g/mol. The van der Waals surface area contributed by atoms with Crippen molar-refractivity contribution in [3.63, 3.8) is 0 Å². The Labute approximate surface area is 120 Å². The second kappa shape index (κ2) is 5.71. The van der Waals surface area contributed by atoms with Crippen molar-refractivity contribution in [1.29, 1.82) is 0 Å². The zero-order chi connectivity index (χ0) is 15.6. The lowest BCUT2D eigenvalue weighted by molar-refractivity contribution is -0.161. The second-order valence-corrected chi connectivity index (χ2v) is 5.15. The highest BCUT2D eigenvalue weighted by molar-refractivity contribution is 6.02. The molecule has 2 heterocycles. The Hall–Kier alpha value is -2.12. The van der Waals surface area contributed by atoms with Crippen LogP contribution < -0.4 is 0 Å². The summed E-state index contributed by atoms with van der Waals surface area (Å²) in [5.74, 6) is -2.35. The fourth-order valence-corrected chi connectivity index (χ4v) is 2.50. The van der Waals surface area contributed by atoms with Crippen LogP contribution in [0.3, 0.4) is 0 Å². The molecule has 1 spiro atoms. The van der Waals surface area contributed by atoms with E-state index in [4.69, 9.17) is 18.9 Å². The Morgan fingerprint density at radius 2 is 1.38 bits per heavy atom. The zero-order valence-electron chi connectivity index (χ0n) is 11.7. The van der Waals surface area contributed by atoms with Crippen LogP contribution in [0, 0.1) is 5.41 Å². The summed E-state index contributed by atoms with van der Waals surface area (Å²) in [4.78, 5) is 45.5. The fraction of sp³-hybridized carbons (Fsp3) is 0.692. The van der Waals surface area contributed by atoms with E-state index >= 15 is 0 Å². The number of hydrogen-bond donors (Lipinski definition) is 0. The fourth-order valence-electron chi connectivity index (χ4n) is 2.50. The molecule has 0 amide bonds. The average Bonchev–Trinajstić information content (AvgIpc) is 2.87. The molecule has 2 aliphatic heterocycles. The Morgan fingerprint density at radius 3 is 1.71 bits per heavy atom. The van der Waals surface area contributed by atoms with E-state index in [2.05, 4.69) is 0 Å². The lowest BCUT2D eigenvalue weighted by atomic mass is 9.82. The highest BCUT2D eigenvalue weighted by Gasteiger charge is 2.61. The summed E-state index contributed by atoms with van der Waals surface area (Å²) in [7, 11) is 0. The Kier molecular flexibility index (Phi) is 4.15. The zero-order valence-corrected chi connectivity index (χ0v) is 11.7. The van der Waals surface area contributed by atoms with Crippen molar-refractivity contribution < 1.29 is 38.1 Å². The minimum Gasteiger partial charge on any atom is -0.462 e. The number of hydrogen-bond acceptors (Lipinski definition) is 8. The van der Waals surface area contributed by atoms with Crippen molar-refractivity contribution >= 4 is 23.9 Å². The van der Waals surface area contributed by atoms with Gasteiger partial charge in [-0.05, 0) is 0 Å². The summed E-state index contributed by atoms with van der Waals surface area (Å²) in [5.41, 5.74) is -1.38. The van der Waals surface area contributed by atoms with Gasteiger partial charge >= 0.3 is 23.9 Å². The van der Waals surface area contributed by atoms with E-state index < -0.39 is 41.5 Å². The van der Waals surface area contributed by atoms with E-state index in [1.54, 1.807) is 0 Å². The van der Waals surface area contributed by atoms with Crippen molar-refractivity contribution in [3.8, 4) is 0 Å². The summed E-state index contributed by atoms with van der Waals surface area (Å²) < 4.78 is 19.7. The van der Waals surface area contributed by atoms with Crippen LogP contribution in [0.15, 0.2) is 0 Å². The van der Waals surface area contributed by atoms with Gasteiger partial charge in [-0.2, -0.15) is 0 Å². The molecule has 2 rings (SSSR count). The van der Waals surface area contributed by atoms with Crippen molar-refractivity contribution in [2.75, 3.05) is 13.2 Å². The molecule has 2 fully saturated rings. The van der Waals surface area contributed by atoms with Crippen LogP contribution in [0.4, 0.5) is 0 Å². The van der Waals surface area contributed by atoms with Gasteiger partial charge in [0.1, 0.15) is 25.4 Å². The minimum atomic E-state index is -1.38. The maximum Gasteiger partial charge on any atom is 0.324 e. The average molecular weight is 300 g/mol. The number of carbonyl (C=O) groups is 4. The Morgan fingerprint density at radius 1 is 1.00 bits per heavy atom. The van der Waals surface area contributed by atoms with Gasteiger partial charge in [0, 0.05) is 26.7 Å². The molecule has 0 aromatic carbocycles. The molecule has 0 N–H and O–H groups in total. The largest absolute Gasteiger partial charge is 0.462 e. The maximum absolute atomic E-state index is 12.0. The third-order valence-corrected chi connectivity index (χ3v) is 3.43. The molecular formula is C13H16O8. The number of ether oxygens (including phenoxy) is 4. The van der Waals surface area contributed by atoms with Gasteiger partial charge in [-0.1, -0.05) is 0 Å². The van der Waals surface area contributed by atoms with Crippen molar-refractivity contribution in [3.05, 3.63) is 0 Å². The smallest absolute Gasteiger partial charge is 0.324 e. The molecule has 2 unspecified atom stereocenters. The van der Waals surface area contributed by atoms with Crippen LogP contribution in [0.25, 0.3) is 0 Å². The van der Waals surface area contributed by atoms with Gasteiger partial charge in [0.2, 0.25) is 0 Å². The molecule has 2 atom stereocenters. The molecule has 8 nitrogen and oxygen atoms in total. The van der Waals surface area contributed by atoms with E-state index in [0.717, 1.165) is 0 Å². The van der Waals surface area contributed by atoms with E-state index in [0.29, 0.717) is 0 Å². The SMILES string of the molecule is CC(=O)OCC1CC2(CC(COC(C)=O)OC2=O)C(=O)O1. The second-order valence-electron chi connectivity index (χ2n) is 5.15. The molecule has 2 aliphatic rings. The first-order chi connectivity index (χ1) is 9.83. The van der Waals surface area contributed by atoms with Crippen molar-refractivity contribution in [2.45, 2.75) is 38.9 Å². The van der Waals surface area contributed by atoms with E-state index in [-0.39, 0.29) is 26.1 Å². The van der Waals surface area contributed by atoms with Crippen LogP contribution >= 0.6 is 0 Å². The first-order valence-electron chi connectivity index (χ1n) is 6.52. The predicted molar refractivity (Wildman–Crippen MR) is 64.7 cm³/mol. The van der Waals surface area contributed by atoms with Gasteiger partial charge in [-0.3, -0.25) is 19.2 Å². The van der Waals surface area contributed by atoms with Gasteiger partial charge in [-0.15, -0.1) is 0 Å². The molecule has 0 bridgehead atoms. The molecule has 0 aliphatic carbocycles. The number of esters is 4. The highest BCUT2D eigenvalue weighted by Crippen LogP contribution is 2.44. The molecule has 2 saturated heterocycles. The number of carbonyl (C=O) groups excluding carboxylic acids is 4. The maximum atomic E-state index is 12.0. The number of cyclic esters (lactones) is 2. The van der Waals surface area contributed by atoms with E-state index in [1.807, 2.05) is 0 Å². The summed E-state index contributed by atoms with van der Waals surface area (Å²) in [6.45, 7) is 2.30. The van der Waals surface area contributed by atoms with Crippen LogP contribution in [-0.2, 0) is 38.1 Å². The molecular weight excluding hydrogens is 284 g/mol. The third-order valence-electron chi connectivity index (χ3n) is 3.43. The Bertz CT molecular complexity index is 439. The van der Waals surface area contributed by atoms with E-state index in [1.165, 1.54) is 13.8 Å². The van der Waals surface area contributed by atoms with Gasteiger partial charge in [0.05, 0.1) is 0 Å². The minimum absolute atomic E-state index is 0.0918. The number of rotatable bonds is 4. The topological polar surface area (TPSA) is 105 Å². The molecule has 0 saturated carbocycles. The van der Waals surface area contributed by atoms with Crippen LogP contribution in [-0.4, -0.2) is 49.3 Å². The van der Waals surface area contributed by atoms with Gasteiger partial charge < -0.3 is 18.9 Å². The lowest BCUT2D eigenvalue weighted by Crippen LogP contribution is -2.31. The summed E-state index contributed by atoms with van der Waals surface area (Å²) >= 11 is 0. The van der Waals surface area contributed by atoms with Crippen LogP contribution in [0.5, 0.6) is 0 Å². The predicted octanol–water partition coefficient (Wildman–Crippen LogP) is -0.270. The van der Waals surface area contributed by atoms with Crippen LogP contribution in [0.1, 0.15) is 26.7 Å². The van der Waals surface area contributed by atoms with Gasteiger partial charge in [0.25, 0.3) is 0 Å². The van der Waals surface area contributed by atoms with E-state index in [9.17, 15) is 19.2 Å². The normalized spacial score (nSPS) is 31.0. The third kappa shape index (κ3) is 3.14. The molecule has 21 heavy (non-hydrogen) atoms. The molecule has 8 heteroatoms. The summed E-state index contributed by atoms with van der Waals surface area (Å²) in [6.07, 6.45) is -1.15. The lowest BCUT2D eigenvalue weighted by Gasteiger charge is -2.12. The highest BCUT2D eigenvalue weighted by atomic mass is 16.6. The quantitative estimate of drug-likeness (QED) is 0.397. The molecule has 0 radical (unpaired) electrons. The first kappa shape index (κ1) is 15.3. The molecule has 0 aromatic heterocycles. The van der Waals surface area contributed by atoms with Crippen LogP contribution in [0.2, 0.25) is 0 Å². The summed E-state index contributed by atoms with van der Waals surface area (Å²) in [6, 6.07) is 0. The standard InChI is InChI=1S/C13H16O8/c1-7(14)18-5-9-3-13(11(16)20-9)4-10(21-12(13)17)6-19-8(2)15/h9-10H,3-6H2,1-2H3. The Balaban J connectivity index is 1.98. The van der Waals surface area contributed by atoms with Gasteiger partial charge in [-0.25, -0.2) is 0 Å². The van der Waals surface area contributed by atoms with Crippen molar-refractivity contribution in [2.24, 2.45) is 5.41 Å². The molecule has 0 aromatic rings. The van der Waals surface area contributed by atoms with Gasteiger partial charge in [0.15, 0.2) is 5.41 Å². The van der Waals surface area contributed by atoms with Crippen molar-refractivity contribution in [1.82, 2.24) is 0 Å². The first-order valence-corrected chi connectivity index (χ1v) is 6.52. The summed E-state index contributed by atoms with van der Waals surface area (Å²) in [5, 5.41) is 0. The molecule has 116 valence electrons.